The van der Waals surface area contributed by atoms with Crippen LogP contribution in [0.2, 0.25) is 0 Å². The molecule has 0 radical (unpaired) electrons. The van der Waals surface area contributed by atoms with E-state index in [1.54, 1.807) is 18.2 Å². The number of hydrogen-bond acceptors (Lipinski definition) is 7. The molecular formula is C23H29N3O6S. The minimum atomic E-state index is -3.52. The minimum Gasteiger partial charge on any atom is -0.493 e. The first-order valence-electron chi connectivity index (χ1n) is 10.4. The highest BCUT2D eigenvalue weighted by atomic mass is 32.2. The molecule has 10 heteroatoms. The summed E-state index contributed by atoms with van der Waals surface area (Å²) in [5.41, 5.74) is 1.34. The van der Waals surface area contributed by atoms with Crippen LogP contribution in [0.1, 0.15) is 5.56 Å². The molecule has 3 rings (SSSR count). The van der Waals surface area contributed by atoms with Gasteiger partial charge in [0.1, 0.15) is 0 Å². The summed E-state index contributed by atoms with van der Waals surface area (Å²) in [4.78, 5) is 14.5. The highest BCUT2D eigenvalue weighted by Gasteiger charge is 2.26. The first kappa shape index (κ1) is 24.6. The number of piperazine rings is 1. The van der Waals surface area contributed by atoms with E-state index in [2.05, 4.69) is 5.32 Å². The Kier molecular flexibility index (Phi) is 8.32. The maximum atomic E-state index is 12.6. The van der Waals surface area contributed by atoms with Gasteiger partial charge in [-0.1, -0.05) is 30.3 Å². The third-order valence-corrected chi connectivity index (χ3v) is 6.80. The molecule has 178 valence electrons. The van der Waals surface area contributed by atoms with E-state index >= 15 is 0 Å². The van der Waals surface area contributed by atoms with Crippen molar-refractivity contribution in [3.63, 3.8) is 0 Å². The first-order valence-corrected chi connectivity index (χ1v) is 11.9. The molecule has 0 aliphatic carbocycles. The van der Waals surface area contributed by atoms with E-state index in [1.165, 1.54) is 31.0 Å². The van der Waals surface area contributed by atoms with Gasteiger partial charge in [0, 0.05) is 49.4 Å². The van der Waals surface area contributed by atoms with Crippen molar-refractivity contribution in [2.75, 3.05) is 59.4 Å². The number of amides is 1. The van der Waals surface area contributed by atoms with Gasteiger partial charge in [0.2, 0.25) is 21.7 Å². The fraction of sp³-hybridized carbons (Fsp3) is 0.348. The number of ether oxygens (including phenoxy) is 3. The summed E-state index contributed by atoms with van der Waals surface area (Å²) in [6, 6.07) is 12.6. The Balaban J connectivity index is 1.55. The molecular weight excluding hydrogens is 446 g/mol. The maximum Gasteiger partial charge on any atom is 0.238 e. The molecule has 1 N–H and O–H groups in total. The maximum absolute atomic E-state index is 12.6. The Bertz CT molecular complexity index is 1060. The van der Waals surface area contributed by atoms with E-state index < -0.39 is 10.0 Å². The molecule has 2 aromatic rings. The molecule has 0 saturated carbocycles. The van der Waals surface area contributed by atoms with Crippen molar-refractivity contribution in [3.8, 4) is 17.2 Å². The monoisotopic (exact) mass is 475 g/mol. The average molecular weight is 476 g/mol. The van der Waals surface area contributed by atoms with Crippen molar-refractivity contribution in [1.29, 1.82) is 0 Å². The number of nitrogens with one attached hydrogen (secondary N) is 1. The summed E-state index contributed by atoms with van der Waals surface area (Å²) in [6.45, 7) is 1.70. The number of sulfonamides is 1. The van der Waals surface area contributed by atoms with Crippen LogP contribution in [0.15, 0.2) is 47.9 Å². The summed E-state index contributed by atoms with van der Waals surface area (Å²) < 4.78 is 42.6. The van der Waals surface area contributed by atoms with Gasteiger partial charge in [0.05, 0.1) is 27.9 Å². The van der Waals surface area contributed by atoms with Crippen LogP contribution in [-0.2, 0) is 14.8 Å². The smallest absolute Gasteiger partial charge is 0.238 e. The second-order valence-corrected chi connectivity index (χ2v) is 9.21. The Morgan fingerprint density at radius 3 is 2.12 bits per heavy atom. The zero-order valence-corrected chi connectivity index (χ0v) is 19.8. The van der Waals surface area contributed by atoms with Crippen LogP contribution in [0.3, 0.4) is 0 Å². The van der Waals surface area contributed by atoms with Crippen LogP contribution < -0.4 is 19.5 Å². The molecule has 1 amide bonds. The minimum absolute atomic E-state index is 0.143. The van der Waals surface area contributed by atoms with Gasteiger partial charge in [-0.15, -0.1) is 0 Å². The Labute approximate surface area is 194 Å². The van der Waals surface area contributed by atoms with Gasteiger partial charge in [-0.3, -0.25) is 9.69 Å². The fourth-order valence-electron chi connectivity index (χ4n) is 3.51. The number of benzene rings is 2. The lowest BCUT2D eigenvalue weighted by Gasteiger charge is -2.32. The number of carbonyl (C=O) groups is 1. The van der Waals surface area contributed by atoms with E-state index in [4.69, 9.17) is 14.2 Å². The fourth-order valence-corrected chi connectivity index (χ4v) is 4.69. The van der Waals surface area contributed by atoms with Gasteiger partial charge < -0.3 is 19.5 Å². The highest BCUT2D eigenvalue weighted by Crippen LogP contribution is 2.39. The van der Waals surface area contributed by atoms with Crippen LogP contribution >= 0.6 is 0 Å². The number of carbonyl (C=O) groups excluding carboxylic acids is 1. The van der Waals surface area contributed by atoms with Crippen molar-refractivity contribution in [1.82, 2.24) is 9.21 Å². The molecule has 1 aliphatic heterocycles. The first-order chi connectivity index (χ1) is 15.9. The van der Waals surface area contributed by atoms with Crippen LogP contribution in [-0.4, -0.2) is 77.6 Å². The predicted octanol–water partition coefficient (Wildman–Crippen LogP) is 2.27. The standard InChI is InChI=1S/C23H29N3O6S/c1-30-20-15-19(16-21(31-2)23(20)32-3)24-22(27)17-25-10-12-26(13-11-25)33(28,29)14-9-18-7-5-4-6-8-18/h4-9,14-16H,10-13,17H2,1-3H3,(H,24,27). The largest absolute Gasteiger partial charge is 0.493 e. The number of methoxy groups -OCH3 is 3. The van der Waals surface area contributed by atoms with E-state index in [9.17, 15) is 13.2 Å². The number of anilines is 1. The summed E-state index contributed by atoms with van der Waals surface area (Å²) in [5.74, 6) is 1.10. The second kappa shape index (κ2) is 11.2. The molecule has 33 heavy (non-hydrogen) atoms. The van der Waals surface area contributed by atoms with Gasteiger partial charge in [0.15, 0.2) is 11.5 Å². The molecule has 1 heterocycles. The molecule has 0 atom stereocenters. The molecule has 0 aromatic heterocycles. The van der Waals surface area contributed by atoms with E-state index in [0.29, 0.717) is 49.1 Å². The van der Waals surface area contributed by atoms with Crippen LogP contribution in [0.4, 0.5) is 5.69 Å². The molecule has 1 saturated heterocycles. The van der Waals surface area contributed by atoms with Gasteiger partial charge in [-0.25, -0.2) is 8.42 Å². The second-order valence-electron chi connectivity index (χ2n) is 7.40. The van der Waals surface area contributed by atoms with Gasteiger partial charge in [0.25, 0.3) is 0 Å². The molecule has 9 nitrogen and oxygen atoms in total. The van der Waals surface area contributed by atoms with Gasteiger partial charge in [-0.05, 0) is 11.6 Å². The number of nitrogens with zero attached hydrogens (tertiary/aromatic N) is 2. The third kappa shape index (κ3) is 6.47. The number of hydrogen-bond donors (Lipinski definition) is 1. The lowest BCUT2D eigenvalue weighted by atomic mass is 10.2. The average Bonchev–Trinajstić information content (AvgIpc) is 2.83. The zero-order chi connectivity index (χ0) is 23.8. The Hall–Kier alpha value is -3.08. The zero-order valence-electron chi connectivity index (χ0n) is 19.0. The summed E-state index contributed by atoms with van der Waals surface area (Å²) in [7, 11) is 1.00. The highest BCUT2D eigenvalue weighted by molar-refractivity contribution is 7.92. The molecule has 0 unspecified atom stereocenters. The lowest BCUT2D eigenvalue weighted by Crippen LogP contribution is -2.49. The Morgan fingerprint density at radius 1 is 0.970 bits per heavy atom. The lowest BCUT2D eigenvalue weighted by molar-refractivity contribution is -0.117. The van der Waals surface area contributed by atoms with E-state index in [1.807, 2.05) is 35.2 Å². The Morgan fingerprint density at radius 2 is 1.58 bits per heavy atom. The summed E-state index contributed by atoms with van der Waals surface area (Å²) in [6.07, 6.45) is 1.59. The molecule has 1 aliphatic rings. The summed E-state index contributed by atoms with van der Waals surface area (Å²) >= 11 is 0. The van der Waals surface area contributed by atoms with E-state index in [0.717, 1.165) is 5.56 Å². The van der Waals surface area contributed by atoms with Crippen molar-refractivity contribution in [2.24, 2.45) is 0 Å². The topological polar surface area (TPSA) is 97.4 Å². The van der Waals surface area contributed by atoms with Crippen molar-refractivity contribution < 1.29 is 27.4 Å². The molecule has 0 spiro atoms. The van der Waals surface area contributed by atoms with Crippen molar-refractivity contribution >= 4 is 27.7 Å². The van der Waals surface area contributed by atoms with Crippen molar-refractivity contribution in [2.45, 2.75) is 0 Å². The number of rotatable bonds is 9. The van der Waals surface area contributed by atoms with Crippen LogP contribution in [0.5, 0.6) is 17.2 Å². The van der Waals surface area contributed by atoms with Crippen LogP contribution in [0.25, 0.3) is 6.08 Å². The molecule has 2 aromatic carbocycles. The van der Waals surface area contributed by atoms with Gasteiger partial charge >= 0.3 is 0 Å². The van der Waals surface area contributed by atoms with Gasteiger partial charge in [-0.2, -0.15) is 4.31 Å². The predicted molar refractivity (Wildman–Crippen MR) is 127 cm³/mol. The van der Waals surface area contributed by atoms with E-state index in [-0.39, 0.29) is 12.5 Å². The quantitative estimate of drug-likeness (QED) is 0.594. The van der Waals surface area contributed by atoms with Crippen molar-refractivity contribution in [3.05, 3.63) is 53.4 Å². The van der Waals surface area contributed by atoms with Crippen LogP contribution in [0, 0.1) is 0 Å². The molecule has 1 fully saturated rings. The SMILES string of the molecule is COc1cc(NC(=O)CN2CCN(S(=O)(=O)C=Cc3ccccc3)CC2)cc(OC)c1OC. The third-order valence-electron chi connectivity index (χ3n) is 5.24. The summed E-state index contributed by atoms with van der Waals surface area (Å²) in [5, 5.41) is 4.06. The normalized spacial score (nSPS) is 15.4. The molecule has 0 bridgehead atoms.